The number of rotatable bonds is 9. The second-order valence-electron chi connectivity index (χ2n) is 7.14. The van der Waals surface area contributed by atoms with Gasteiger partial charge in [-0.2, -0.15) is 5.10 Å². The SMILES string of the molecule is CCOC(=O)c1ccc(-c2ccc(/C=N\NC(=O)CN(c3cccc(Cl)c3Cl)S(C)(=O)=O)o2)cc1. The van der Waals surface area contributed by atoms with Crippen molar-refractivity contribution >= 4 is 57.0 Å². The zero-order valence-electron chi connectivity index (χ0n) is 18.7. The molecule has 1 heterocycles. The number of nitrogens with zero attached hydrogens (tertiary/aromatic N) is 2. The van der Waals surface area contributed by atoms with E-state index in [4.69, 9.17) is 32.4 Å². The van der Waals surface area contributed by atoms with E-state index in [9.17, 15) is 18.0 Å². The van der Waals surface area contributed by atoms with E-state index in [-0.39, 0.29) is 15.7 Å². The van der Waals surface area contributed by atoms with Gasteiger partial charge in [-0.05, 0) is 43.3 Å². The smallest absolute Gasteiger partial charge is 0.338 e. The van der Waals surface area contributed by atoms with Gasteiger partial charge in [0.25, 0.3) is 5.91 Å². The monoisotopic (exact) mass is 537 g/mol. The third-order valence-electron chi connectivity index (χ3n) is 4.58. The molecular weight excluding hydrogens is 517 g/mol. The molecule has 1 aromatic heterocycles. The van der Waals surface area contributed by atoms with Crippen LogP contribution in [0.3, 0.4) is 0 Å². The minimum Gasteiger partial charge on any atom is -0.462 e. The predicted octanol–water partition coefficient (Wildman–Crippen LogP) is 4.35. The van der Waals surface area contributed by atoms with Crippen molar-refractivity contribution < 1.29 is 27.2 Å². The molecule has 0 aliphatic heterocycles. The minimum absolute atomic E-state index is 0.00861. The summed E-state index contributed by atoms with van der Waals surface area (Å²) in [5.74, 6) is -0.252. The Morgan fingerprint density at radius 1 is 1.11 bits per heavy atom. The maximum atomic E-state index is 12.3. The van der Waals surface area contributed by atoms with Crippen LogP contribution < -0.4 is 9.73 Å². The van der Waals surface area contributed by atoms with Crippen molar-refractivity contribution in [2.45, 2.75) is 6.92 Å². The molecule has 0 aliphatic rings. The third-order valence-corrected chi connectivity index (χ3v) is 6.51. The molecule has 0 radical (unpaired) electrons. The number of hydrogen-bond donors (Lipinski definition) is 1. The van der Waals surface area contributed by atoms with Gasteiger partial charge in [0, 0.05) is 5.56 Å². The number of benzene rings is 2. The third kappa shape index (κ3) is 6.84. The van der Waals surface area contributed by atoms with Gasteiger partial charge < -0.3 is 9.15 Å². The van der Waals surface area contributed by atoms with Crippen molar-refractivity contribution in [1.82, 2.24) is 5.43 Å². The number of furan rings is 1. The number of amides is 1. The Bertz CT molecular complexity index is 1350. The fraction of sp³-hybridized carbons (Fsp3) is 0.174. The number of anilines is 1. The minimum atomic E-state index is -3.84. The number of sulfonamides is 1. The van der Waals surface area contributed by atoms with E-state index in [0.29, 0.717) is 23.7 Å². The molecule has 0 aliphatic carbocycles. The molecule has 2 aromatic carbocycles. The van der Waals surface area contributed by atoms with E-state index in [1.165, 1.54) is 24.4 Å². The highest BCUT2D eigenvalue weighted by Crippen LogP contribution is 2.33. The lowest BCUT2D eigenvalue weighted by molar-refractivity contribution is -0.119. The first-order valence-electron chi connectivity index (χ1n) is 10.2. The first-order chi connectivity index (χ1) is 16.6. The zero-order valence-corrected chi connectivity index (χ0v) is 21.0. The number of esters is 1. The van der Waals surface area contributed by atoms with E-state index in [1.807, 2.05) is 0 Å². The van der Waals surface area contributed by atoms with Gasteiger partial charge in [-0.1, -0.05) is 41.4 Å². The van der Waals surface area contributed by atoms with Crippen molar-refractivity contribution in [3.63, 3.8) is 0 Å². The normalized spacial score (nSPS) is 11.4. The van der Waals surface area contributed by atoms with Crippen LogP contribution in [0.25, 0.3) is 11.3 Å². The highest BCUT2D eigenvalue weighted by atomic mass is 35.5. The van der Waals surface area contributed by atoms with Gasteiger partial charge in [0.2, 0.25) is 10.0 Å². The number of nitrogens with one attached hydrogen (secondary N) is 1. The van der Waals surface area contributed by atoms with Crippen molar-refractivity contribution in [3.05, 3.63) is 76.0 Å². The second kappa shape index (κ2) is 11.4. The van der Waals surface area contributed by atoms with Crippen LogP contribution in [0.2, 0.25) is 10.0 Å². The Labute approximate surface area is 212 Å². The summed E-state index contributed by atoms with van der Waals surface area (Å²) in [6.45, 7) is 1.46. The van der Waals surface area contributed by atoms with Crippen LogP contribution in [0.4, 0.5) is 5.69 Å². The van der Waals surface area contributed by atoms with E-state index in [1.54, 1.807) is 43.3 Å². The van der Waals surface area contributed by atoms with Gasteiger partial charge in [-0.3, -0.25) is 9.10 Å². The maximum Gasteiger partial charge on any atom is 0.338 e. The van der Waals surface area contributed by atoms with Crippen LogP contribution in [-0.2, 0) is 19.6 Å². The highest BCUT2D eigenvalue weighted by Gasteiger charge is 2.23. The average Bonchev–Trinajstić information content (AvgIpc) is 3.28. The van der Waals surface area contributed by atoms with Gasteiger partial charge in [-0.15, -0.1) is 0 Å². The van der Waals surface area contributed by atoms with Crippen molar-refractivity contribution in [2.75, 3.05) is 23.7 Å². The Morgan fingerprint density at radius 2 is 1.83 bits per heavy atom. The quantitative estimate of drug-likeness (QED) is 0.246. The summed E-state index contributed by atoms with van der Waals surface area (Å²) in [5, 5.41) is 3.98. The summed E-state index contributed by atoms with van der Waals surface area (Å²) in [7, 11) is -3.84. The number of halogens is 2. The second-order valence-corrected chi connectivity index (χ2v) is 9.83. The molecule has 0 bridgehead atoms. The van der Waals surface area contributed by atoms with Crippen LogP contribution in [0, 0.1) is 0 Å². The Morgan fingerprint density at radius 3 is 2.49 bits per heavy atom. The van der Waals surface area contributed by atoms with Crippen molar-refractivity contribution in [1.29, 1.82) is 0 Å². The fourth-order valence-corrected chi connectivity index (χ4v) is 4.27. The van der Waals surface area contributed by atoms with Crippen LogP contribution >= 0.6 is 23.2 Å². The molecule has 1 amide bonds. The highest BCUT2D eigenvalue weighted by molar-refractivity contribution is 7.92. The molecule has 1 N–H and O–H groups in total. The van der Waals surface area contributed by atoms with E-state index in [0.717, 1.165) is 16.1 Å². The Hall–Kier alpha value is -3.34. The lowest BCUT2D eigenvalue weighted by atomic mass is 10.1. The predicted molar refractivity (Wildman–Crippen MR) is 134 cm³/mol. The van der Waals surface area contributed by atoms with Crippen molar-refractivity contribution in [3.8, 4) is 11.3 Å². The molecule has 9 nitrogen and oxygen atoms in total. The topological polar surface area (TPSA) is 118 Å². The summed E-state index contributed by atoms with van der Waals surface area (Å²) in [6, 6.07) is 14.5. The average molecular weight is 538 g/mol. The van der Waals surface area contributed by atoms with Crippen LogP contribution in [0.1, 0.15) is 23.0 Å². The maximum absolute atomic E-state index is 12.3. The molecule has 3 rings (SSSR count). The lowest BCUT2D eigenvalue weighted by Gasteiger charge is -2.22. The molecule has 0 atom stereocenters. The van der Waals surface area contributed by atoms with Crippen LogP contribution in [-0.4, -0.2) is 45.9 Å². The number of ether oxygens (including phenoxy) is 1. The first-order valence-corrected chi connectivity index (χ1v) is 12.8. The molecule has 35 heavy (non-hydrogen) atoms. The van der Waals surface area contributed by atoms with Gasteiger partial charge in [-0.25, -0.2) is 18.6 Å². The Balaban J connectivity index is 1.65. The van der Waals surface area contributed by atoms with Crippen molar-refractivity contribution in [2.24, 2.45) is 5.10 Å². The summed E-state index contributed by atoms with van der Waals surface area (Å²) in [6.07, 6.45) is 2.22. The summed E-state index contributed by atoms with van der Waals surface area (Å²) in [4.78, 5) is 24.1. The summed E-state index contributed by atoms with van der Waals surface area (Å²) >= 11 is 12.1. The van der Waals surface area contributed by atoms with E-state index >= 15 is 0 Å². The van der Waals surface area contributed by atoms with Crippen LogP contribution in [0.15, 0.2) is 64.1 Å². The van der Waals surface area contributed by atoms with Gasteiger partial charge in [0.1, 0.15) is 18.1 Å². The molecule has 3 aromatic rings. The number of carbonyl (C=O) groups excluding carboxylic acids is 2. The standard InChI is InChI=1S/C23H21Cl2N3O6S/c1-3-33-23(30)16-9-7-15(8-10-16)20-12-11-17(34-20)13-26-27-21(29)14-28(35(2,31)32)19-6-4-5-18(24)22(19)25/h4-13H,3,14H2,1-2H3,(H,27,29)/b26-13-. The van der Waals surface area contributed by atoms with E-state index < -0.39 is 28.4 Å². The summed E-state index contributed by atoms with van der Waals surface area (Å²) < 4.78 is 35.9. The number of hydrazone groups is 1. The Kier molecular flexibility index (Phi) is 8.55. The molecule has 0 fully saturated rings. The van der Waals surface area contributed by atoms with Crippen LogP contribution in [0.5, 0.6) is 0 Å². The van der Waals surface area contributed by atoms with Gasteiger partial charge in [0.05, 0.1) is 40.4 Å². The fourth-order valence-electron chi connectivity index (χ4n) is 2.96. The number of carbonyl (C=O) groups is 2. The first kappa shape index (κ1) is 26.3. The molecule has 0 spiro atoms. The molecule has 0 saturated heterocycles. The molecule has 12 heteroatoms. The molecule has 0 saturated carbocycles. The largest absolute Gasteiger partial charge is 0.462 e. The molecule has 184 valence electrons. The lowest BCUT2D eigenvalue weighted by Crippen LogP contribution is -2.39. The molecular formula is C23H21Cl2N3O6S. The molecule has 0 unspecified atom stereocenters. The number of hydrogen-bond acceptors (Lipinski definition) is 7. The van der Waals surface area contributed by atoms with E-state index in [2.05, 4.69) is 10.5 Å². The van der Waals surface area contributed by atoms with Gasteiger partial charge >= 0.3 is 5.97 Å². The van der Waals surface area contributed by atoms with Gasteiger partial charge in [0.15, 0.2) is 0 Å². The zero-order chi connectivity index (χ0) is 25.6. The summed E-state index contributed by atoms with van der Waals surface area (Å²) in [5.41, 5.74) is 3.48.